The van der Waals surface area contributed by atoms with Gasteiger partial charge in [-0.1, -0.05) is 49.6 Å². The van der Waals surface area contributed by atoms with E-state index in [1.807, 2.05) is 30.1 Å². The van der Waals surface area contributed by atoms with E-state index >= 15 is 0 Å². The van der Waals surface area contributed by atoms with Crippen molar-refractivity contribution in [2.24, 2.45) is 0 Å². The average molecular weight is 272 g/mol. The largest absolute Gasteiger partial charge is 0.328 e. The Morgan fingerprint density at radius 2 is 1.80 bits per heavy atom. The second-order valence-electron chi connectivity index (χ2n) is 6.28. The topological polar surface area (TPSA) is 32.3 Å². The Labute approximate surface area is 121 Å². The molecular weight excluding hydrogens is 248 g/mol. The molecule has 2 saturated carbocycles. The van der Waals surface area contributed by atoms with E-state index in [0.717, 1.165) is 25.7 Å². The molecule has 1 aromatic carbocycles. The summed E-state index contributed by atoms with van der Waals surface area (Å²) in [6.07, 6.45) is 8.26. The maximum absolute atomic E-state index is 12.5. The van der Waals surface area contributed by atoms with Crippen molar-refractivity contribution in [1.82, 2.24) is 10.2 Å². The number of carbonyl (C=O) groups excluding carboxylic acids is 1. The molecule has 2 amide bonds. The molecule has 3 rings (SSSR count). The number of benzene rings is 1. The molecule has 2 fully saturated rings. The first-order chi connectivity index (χ1) is 9.71. The van der Waals surface area contributed by atoms with E-state index < -0.39 is 0 Å². The quantitative estimate of drug-likeness (QED) is 0.895. The lowest BCUT2D eigenvalue weighted by Gasteiger charge is -2.32. The van der Waals surface area contributed by atoms with Crippen molar-refractivity contribution < 1.29 is 4.79 Å². The van der Waals surface area contributed by atoms with Gasteiger partial charge in [-0.15, -0.1) is 0 Å². The predicted octanol–water partition coefficient (Wildman–Crippen LogP) is 3.65. The Morgan fingerprint density at radius 1 is 1.15 bits per heavy atom. The van der Waals surface area contributed by atoms with E-state index in [-0.39, 0.29) is 11.6 Å². The van der Waals surface area contributed by atoms with Gasteiger partial charge in [0.05, 0.1) is 5.54 Å². The van der Waals surface area contributed by atoms with Crippen LogP contribution in [0.1, 0.15) is 50.5 Å². The summed E-state index contributed by atoms with van der Waals surface area (Å²) in [5.41, 5.74) is 1.15. The number of nitrogens with one attached hydrogen (secondary N) is 1. The van der Waals surface area contributed by atoms with E-state index in [2.05, 4.69) is 17.4 Å². The molecular formula is C17H24N2O. The van der Waals surface area contributed by atoms with Gasteiger partial charge in [-0.05, 0) is 31.2 Å². The highest BCUT2D eigenvalue weighted by Crippen LogP contribution is 2.45. The van der Waals surface area contributed by atoms with Crippen LogP contribution in [0.3, 0.4) is 0 Å². The first-order valence-corrected chi connectivity index (χ1v) is 7.82. The molecule has 0 aromatic heterocycles. The van der Waals surface area contributed by atoms with E-state index in [0.29, 0.717) is 6.04 Å². The van der Waals surface area contributed by atoms with E-state index in [1.54, 1.807) is 0 Å². The van der Waals surface area contributed by atoms with E-state index in [9.17, 15) is 4.79 Å². The van der Waals surface area contributed by atoms with Crippen LogP contribution in [0.2, 0.25) is 0 Å². The molecule has 0 aliphatic heterocycles. The number of hydrogen-bond acceptors (Lipinski definition) is 1. The monoisotopic (exact) mass is 272 g/mol. The van der Waals surface area contributed by atoms with Crippen LogP contribution in [0.4, 0.5) is 4.79 Å². The Balaban J connectivity index is 1.64. The van der Waals surface area contributed by atoms with Crippen molar-refractivity contribution in [1.29, 1.82) is 0 Å². The molecule has 3 nitrogen and oxygen atoms in total. The van der Waals surface area contributed by atoms with E-state index in [4.69, 9.17) is 0 Å². The van der Waals surface area contributed by atoms with Crippen LogP contribution in [0.15, 0.2) is 30.3 Å². The van der Waals surface area contributed by atoms with Gasteiger partial charge < -0.3 is 10.2 Å². The normalized spacial score (nSPS) is 21.2. The van der Waals surface area contributed by atoms with Crippen LogP contribution in [0.5, 0.6) is 0 Å². The van der Waals surface area contributed by atoms with Gasteiger partial charge >= 0.3 is 6.03 Å². The smallest absolute Gasteiger partial charge is 0.318 e. The summed E-state index contributed by atoms with van der Waals surface area (Å²) in [5, 5.41) is 3.27. The maximum atomic E-state index is 12.5. The number of hydrogen-bond donors (Lipinski definition) is 1. The molecule has 0 unspecified atom stereocenters. The van der Waals surface area contributed by atoms with Crippen molar-refractivity contribution in [2.75, 3.05) is 7.05 Å². The molecule has 1 N–H and O–H groups in total. The fraction of sp³-hybridized carbons (Fsp3) is 0.588. The highest BCUT2D eigenvalue weighted by atomic mass is 16.2. The van der Waals surface area contributed by atoms with Crippen LogP contribution < -0.4 is 5.32 Å². The zero-order valence-corrected chi connectivity index (χ0v) is 12.3. The lowest BCUT2D eigenvalue weighted by Crippen LogP contribution is -2.48. The third-order valence-corrected chi connectivity index (χ3v) is 4.87. The zero-order chi connectivity index (χ0) is 14.0. The highest BCUT2D eigenvalue weighted by molar-refractivity contribution is 5.76. The Morgan fingerprint density at radius 3 is 2.40 bits per heavy atom. The minimum absolute atomic E-state index is 0.0956. The average Bonchev–Trinajstić information content (AvgIpc) is 3.29. The SMILES string of the molecule is CN(C(=O)NC1(c2ccccc2)CC1)C1CCCCC1. The minimum Gasteiger partial charge on any atom is -0.328 e. The summed E-state index contributed by atoms with van der Waals surface area (Å²) in [6.45, 7) is 0. The highest BCUT2D eigenvalue weighted by Gasteiger charge is 2.46. The molecule has 2 aliphatic rings. The van der Waals surface area contributed by atoms with Crippen LogP contribution in [-0.2, 0) is 5.54 Å². The summed E-state index contributed by atoms with van der Waals surface area (Å²) in [4.78, 5) is 14.4. The molecule has 3 heteroatoms. The summed E-state index contributed by atoms with van der Waals surface area (Å²) < 4.78 is 0. The fourth-order valence-corrected chi connectivity index (χ4v) is 3.30. The Hall–Kier alpha value is -1.51. The minimum atomic E-state index is -0.0960. The third-order valence-electron chi connectivity index (χ3n) is 4.87. The molecule has 0 radical (unpaired) electrons. The second-order valence-corrected chi connectivity index (χ2v) is 6.28. The molecule has 0 spiro atoms. The first-order valence-electron chi connectivity index (χ1n) is 7.82. The van der Waals surface area contributed by atoms with Crippen molar-refractivity contribution in [3.63, 3.8) is 0 Å². The number of rotatable bonds is 3. The van der Waals surface area contributed by atoms with Crippen molar-refractivity contribution >= 4 is 6.03 Å². The molecule has 0 saturated heterocycles. The van der Waals surface area contributed by atoms with Gasteiger partial charge in [0.1, 0.15) is 0 Å². The lowest BCUT2D eigenvalue weighted by molar-refractivity contribution is 0.169. The summed E-state index contributed by atoms with van der Waals surface area (Å²) in [7, 11) is 1.95. The van der Waals surface area contributed by atoms with Gasteiger partial charge in [-0.25, -0.2) is 4.79 Å². The maximum Gasteiger partial charge on any atom is 0.318 e. The second kappa shape index (κ2) is 5.47. The summed E-state index contributed by atoms with van der Waals surface area (Å²) >= 11 is 0. The molecule has 0 bridgehead atoms. The van der Waals surface area contributed by atoms with E-state index in [1.165, 1.54) is 24.8 Å². The Bertz CT molecular complexity index is 461. The Kier molecular flexibility index (Phi) is 3.68. The van der Waals surface area contributed by atoms with Crippen LogP contribution in [0, 0.1) is 0 Å². The number of amides is 2. The standard InChI is InChI=1S/C17H24N2O/c1-19(15-10-6-3-7-11-15)16(20)18-17(12-13-17)14-8-4-2-5-9-14/h2,4-5,8-9,15H,3,6-7,10-13H2,1H3,(H,18,20). The van der Waals surface area contributed by atoms with Crippen LogP contribution in [-0.4, -0.2) is 24.0 Å². The number of urea groups is 1. The molecule has 20 heavy (non-hydrogen) atoms. The molecule has 0 heterocycles. The third kappa shape index (κ3) is 2.67. The molecule has 0 atom stereocenters. The molecule has 2 aliphatic carbocycles. The fourth-order valence-electron chi connectivity index (χ4n) is 3.30. The zero-order valence-electron chi connectivity index (χ0n) is 12.3. The number of nitrogens with zero attached hydrogens (tertiary/aromatic N) is 1. The van der Waals surface area contributed by atoms with Gasteiger partial charge in [-0.3, -0.25) is 0 Å². The summed E-state index contributed by atoms with van der Waals surface area (Å²) in [5.74, 6) is 0. The van der Waals surface area contributed by atoms with Crippen molar-refractivity contribution in [3.8, 4) is 0 Å². The predicted molar refractivity (Wildman–Crippen MR) is 80.5 cm³/mol. The number of carbonyl (C=O) groups is 1. The molecule has 1 aromatic rings. The lowest BCUT2D eigenvalue weighted by atomic mass is 9.94. The molecule has 108 valence electrons. The first kappa shape index (κ1) is 13.5. The van der Waals surface area contributed by atoms with Gasteiger partial charge in [-0.2, -0.15) is 0 Å². The van der Waals surface area contributed by atoms with Crippen molar-refractivity contribution in [2.45, 2.75) is 56.5 Å². The van der Waals surface area contributed by atoms with Gasteiger partial charge in [0.2, 0.25) is 0 Å². The van der Waals surface area contributed by atoms with Gasteiger partial charge in [0.15, 0.2) is 0 Å². The van der Waals surface area contributed by atoms with Crippen LogP contribution >= 0.6 is 0 Å². The summed E-state index contributed by atoms with van der Waals surface area (Å²) in [6, 6.07) is 10.9. The van der Waals surface area contributed by atoms with Crippen molar-refractivity contribution in [3.05, 3.63) is 35.9 Å². The van der Waals surface area contributed by atoms with Crippen LogP contribution in [0.25, 0.3) is 0 Å². The van der Waals surface area contributed by atoms with Gasteiger partial charge in [0.25, 0.3) is 0 Å². The van der Waals surface area contributed by atoms with Gasteiger partial charge in [0, 0.05) is 13.1 Å².